The molecular weight excluding hydrogens is 312 g/mol. The molecule has 0 heterocycles. The maximum Gasteiger partial charge on any atom is 0.211 e. The Labute approximate surface area is 140 Å². The molecule has 2 aromatic carbocycles. The lowest BCUT2D eigenvalue weighted by Gasteiger charge is -2.21. The number of ketones is 1. The fourth-order valence-electron chi connectivity index (χ4n) is 2.53. The molecule has 2 rings (SSSR count). The van der Waals surface area contributed by atoms with Gasteiger partial charge in [-0.25, -0.2) is 0 Å². The van der Waals surface area contributed by atoms with Crippen molar-refractivity contribution in [2.45, 2.75) is 0 Å². The molecule has 6 nitrogen and oxygen atoms in total. The molecule has 0 N–H and O–H groups in total. The van der Waals surface area contributed by atoms with Gasteiger partial charge in [0.2, 0.25) is 23.0 Å². The largest absolute Gasteiger partial charge is 0.492 e. The highest BCUT2D eigenvalue weighted by Crippen LogP contribution is 2.53. The van der Waals surface area contributed by atoms with E-state index in [1.165, 1.54) is 35.5 Å². The van der Waals surface area contributed by atoms with E-state index in [2.05, 4.69) is 0 Å². The summed E-state index contributed by atoms with van der Waals surface area (Å²) in [5.41, 5.74) is 0.698. The maximum atomic E-state index is 13.0. The van der Waals surface area contributed by atoms with Gasteiger partial charge in [-0.05, 0) is 0 Å². The Bertz CT molecular complexity index is 691. The van der Waals surface area contributed by atoms with Crippen molar-refractivity contribution < 1.29 is 28.5 Å². The second-order valence-electron chi connectivity index (χ2n) is 4.74. The summed E-state index contributed by atoms with van der Waals surface area (Å²) in [6, 6.07) is 8.82. The van der Waals surface area contributed by atoms with Crippen LogP contribution in [0.1, 0.15) is 15.9 Å². The van der Waals surface area contributed by atoms with E-state index in [0.717, 1.165) is 0 Å². The second kappa shape index (κ2) is 7.59. The molecule has 0 saturated heterocycles. The van der Waals surface area contributed by atoms with Crippen molar-refractivity contribution in [1.29, 1.82) is 0 Å². The van der Waals surface area contributed by atoms with E-state index in [-0.39, 0.29) is 34.3 Å². The Balaban J connectivity index is 2.85. The van der Waals surface area contributed by atoms with Crippen LogP contribution < -0.4 is 23.7 Å². The first-order valence-electron chi connectivity index (χ1n) is 7.18. The fourth-order valence-corrected chi connectivity index (χ4v) is 2.53. The number of rotatable bonds is 7. The Kier molecular flexibility index (Phi) is 5.52. The first-order valence-corrected chi connectivity index (χ1v) is 7.18. The topological polar surface area (TPSA) is 63.2 Å². The quantitative estimate of drug-likeness (QED) is 0.727. The number of carbonyl (C=O) groups excluding carboxylic acids is 1. The van der Waals surface area contributed by atoms with Crippen LogP contribution in [0.2, 0.25) is 0 Å². The minimum absolute atomic E-state index is 0.209. The number of carbonyl (C=O) groups is 1. The third-order valence-electron chi connectivity index (χ3n) is 3.56. The summed E-state index contributed by atoms with van der Waals surface area (Å²) in [6.07, 6.45) is 0. The van der Waals surface area contributed by atoms with Crippen molar-refractivity contribution in [1.82, 2.24) is 0 Å². The molecule has 0 spiro atoms. The van der Waals surface area contributed by atoms with Crippen LogP contribution in [-0.4, -0.2) is 41.3 Å². The second-order valence-corrected chi connectivity index (χ2v) is 4.74. The Morgan fingerprint density at radius 3 is 1.38 bits per heavy atom. The minimum atomic E-state index is -0.274. The summed E-state index contributed by atoms with van der Waals surface area (Å²) in [5.74, 6) is 0.984. The molecule has 0 fully saturated rings. The average Bonchev–Trinajstić information content (AvgIpc) is 2.65. The van der Waals surface area contributed by atoms with Crippen molar-refractivity contribution in [3.63, 3.8) is 0 Å². The monoisotopic (exact) mass is 332 g/mol. The molecule has 6 heteroatoms. The van der Waals surface area contributed by atoms with E-state index in [0.29, 0.717) is 11.3 Å². The highest BCUT2D eigenvalue weighted by Gasteiger charge is 2.32. The summed E-state index contributed by atoms with van der Waals surface area (Å²) in [6.45, 7) is 0. The molecule has 0 aliphatic carbocycles. The molecule has 128 valence electrons. The normalized spacial score (nSPS) is 10.0. The zero-order valence-corrected chi connectivity index (χ0v) is 14.3. The van der Waals surface area contributed by atoms with Gasteiger partial charge < -0.3 is 23.7 Å². The summed E-state index contributed by atoms with van der Waals surface area (Å²) in [4.78, 5) is 13.0. The van der Waals surface area contributed by atoms with Crippen molar-refractivity contribution in [3.8, 4) is 28.7 Å². The maximum absolute atomic E-state index is 13.0. The molecule has 24 heavy (non-hydrogen) atoms. The van der Waals surface area contributed by atoms with E-state index in [9.17, 15) is 4.79 Å². The predicted octanol–water partition coefficient (Wildman–Crippen LogP) is 2.96. The first kappa shape index (κ1) is 17.5. The van der Waals surface area contributed by atoms with Gasteiger partial charge in [-0.1, -0.05) is 30.3 Å². The average molecular weight is 332 g/mol. The van der Waals surface area contributed by atoms with Gasteiger partial charge in [0.05, 0.1) is 35.5 Å². The molecule has 0 aromatic heterocycles. The van der Waals surface area contributed by atoms with Crippen LogP contribution in [0.25, 0.3) is 0 Å². The Morgan fingerprint density at radius 1 is 0.625 bits per heavy atom. The molecule has 0 aliphatic rings. The van der Waals surface area contributed by atoms with E-state index in [1.54, 1.807) is 24.3 Å². The summed E-state index contributed by atoms with van der Waals surface area (Å²) < 4.78 is 27.0. The molecule has 0 aliphatic heterocycles. The highest BCUT2D eigenvalue weighted by atomic mass is 16.6. The molecule has 0 radical (unpaired) electrons. The van der Waals surface area contributed by atoms with E-state index in [1.807, 2.05) is 6.07 Å². The van der Waals surface area contributed by atoms with Gasteiger partial charge in [0.1, 0.15) is 5.56 Å². The smallest absolute Gasteiger partial charge is 0.211 e. The summed E-state index contributed by atoms with van der Waals surface area (Å²) in [5, 5.41) is 0. The van der Waals surface area contributed by atoms with Crippen LogP contribution in [-0.2, 0) is 0 Å². The van der Waals surface area contributed by atoms with Gasteiger partial charge in [-0.2, -0.15) is 0 Å². The lowest BCUT2D eigenvalue weighted by molar-refractivity contribution is 0.103. The molecule has 0 atom stereocenters. The van der Waals surface area contributed by atoms with Crippen molar-refractivity contribution in [2.75, 3.05) is 35.5 Å². The first-order chi connectivity index (χ1) is 11.6. The number of ether oxygens (including phenoxy) is 5. The van der Waals surface area contributed by atoms with Gasteiger partial charge >= 0.3 is 0 Å². The van der Waals surface area contributed by atoms with Gasteiger partial charge in [-0.3, -0.25) is 4.79 Å². The lowest BCUT2D eigenvalue weighted by atomic mass is 9.99. The van der Waals surface area contributed by atoms with Crippen LogP contribution in [0, 0.1) is 0 Å². The zero-order chi connectivity index (χ0) is 17.7. The third kappa shape index (κ3) is 2.82. The van der Waals surface area contributed by atoms with E-state index in [4.69, 9.17) is 23.7 Å². The van der Waals surface area contributed by atoms with Crippen LogP contribution in [0.15, 0.2) is 30.3 Å². The Morgan fingerprint density at radius 2 is 1.00 bits per heavy atom. The highest BCUT2D eigenvalue weighted by molar-refractivity contribution is 6.14. The van der Waals surface area contributed by atoms with Crippen LogP contribution in [0.4, 0.5) is 0 Å². The Hall–Kier alpha value is -2.89. The zero-order valence-electron chi connectivity index (χ0n) is 14.3. The molecule has 0 saturated carbocycles. The van der Waals surface area contributed by atoms with Gasteiger partial charge in [0.15, 0.2) is 11.5 Å². The van der Waals surface area contributed by atoms with E-state index < -0.39 is 0 Å². The molecule has 0 unspecified atom stereocenters. The number of benzene rings is 2. The SMILES string of the molecule is COc1c(OC)c(OC)c(C(=O)c2ccccc2)c(OC)c1OC. The minimum Gasteiger partial charge on any atom is -0.492 e. The van der Waals surface area contributed by atoms with Crippen LogP contribution >= 0.6 is 0 Å². The summed E-state index contributed by atoms with van der Waals surface area (Å²) in [7, 11) is 7.29. The fraction of sp³-hybridized carbons (Fsp3) is 0.278. The van der Waals surface area contributed by atoms with Gasteiger partial charge in [0, 0.05) is 5.56 Å². The molecule has 0 amide bonds. The van der Waals surface area contributed by atoms with Gasteiger partial charge in [0.25, 0.3) is 0 Å². The number of hydrogen-bond donors (Lipinski definition) is 0. The van der Waals surface area contributed by atoms with Crippen molar-refractivity contribution >= 4 is 5.78 Å². The van der Waals surface area contributed by atoms with Crippen LogP contribution in [0.5, 0.6) is 28.7 Å². The predicted molar refractivity (Wildman–Crippen MR) is 89.1 cm³/mol. The molecular formula is C18H20O6. The molecule has 2 aromatic rings. The van der Waals surface area contributed by atoms with Crippen LogP contribution in [0.3, 0.4) is 0 Å². The lowest BCUT2D eigenvalue weighted by Crippen LogP contribution is -2.10. The number of hydrogen-bond acceptors (Lipinski definition) is 6. The van der Waals surface area contributed by atoms with Gasteiger partial charge in [-0.15, -0.1) is 0 Å². The molecule has 0 bridgehead atoms. The summed E-state index contributed by atoms with van der Waals surface area (Å²) >= 11 is 0. The third-order valence-corrected chi connectivity index (χ3v) is 3.56. The van der Waals surface area contributed by atoms with Crippen molar-refractivity contribution in [3.05, 3.63) is 41.5 Å². The van der Waals surface area contributed by atoms with Crippen molar-refractivity contribution in [2.24, 2.45) is 0 Å². The van der Waals surface area contributed by atoms with E-state index >= 15 is 0 Å². The standard InChI is InChI=1S/C18H20O6/c1-20-14-12(13(19)11-9-7-6-8-10-11)15(21-2)17(23-4)18(24-5)16(14)22-3/h6-10H,1-5H3. The number of methoxy groups -OCH3 is 5.